The topological polar surface area (TPSA) is 91.8 Å². The van der Waals surface area contributed by atoms with Crippen LogP contribution in [0.3, 0.4) is 0 Å². The van der Waals surface area contributed by atoms with Crippen LogP contribution >= 0.6 is 0 Å². The molecule has 0 aliphatic carbocycles. The molecule has 144 valence electrons. The second kappa shape index (κ2) is 7.14. The van der Waals surface area contributed by atoms with Gasteiger partial charge in [0.15, 0.2) is 5.65 Å². The van der Waals surface area contributed by atoms with Gasteiger partial charge in [0.1, 0.15) is 11.4 Å². The van der Waals surface area contributed by atoms with Crippen molar-refractivity contribution in [1.29, 1.82) is 0 Å². The predicted octanol–water partition coefficient (Wildman–Crippen LogP) is 2.66. The van der Waals surface area contributed by atoms with Gasteiger partial charge in [-0.1, -0.05) is 0 Å². The molecule has 1 N–H and O–H groups in total. The zero-order valence-electron chi connectivity index (χ0n) is 16.3. The average Bonchev–Trinajstić information content (AvgIpc) is 2.69. The van der Waals surface area contributed by atoms with E-state index in [1.54, 1.807) is 17.2 Å². The summed E-state index contributed by atoms with van der Waals surface area (Å²) in [6.45, 7) is 6.80. The summed E-state index contributed by atoms with van der Waals surface area (Å²) in [5.41, 5.74) is 3.32. The first-order valence-electron chi connectivity index (χ1n) is 9.53. The molecule has 0 unspecified atom stereocenters. The monoisotopic (exact) mass is 377 g/mol. The van der Waals surface area contributed by atoms with E-state index in [1.807, 2.05) is 32.9 Å². The van der Waals surface area contributed by atoms with Crippen molar-refractivity contribution in [3.8, 4) is 0 Å². The molecule has 1 saturated heterocycles. The predicted molar refractivity (Wildman–Crippen MR) is 106 cm³/mol. The van der Waals surface area contributed by atoms with Gasteiger partial charge in [0.2, 0.25) is 0 Å². The first-order valence-corrected chi connectivity index (χ1v) is 9.53. The fourth-order valence-corrected chi connectivity index (χ4v) is 3.82. The summed E-state index contributed by atoms with van der Waals surface area (Å²) in [6, 6.07) is 5.59. The lowest BCUT2D eigenvalue weighted by Crippen LogP contribution is -2.40. The summed E-state index contributed by atoms with van der Waals surface area (Å²) in [5.74, 6) is 0.755. The number of rotatable bonds is 2. The Labute approximate surface area is 162 Å². The van der Waals surface area contributed by atoms with Crippen LogP contribution in [0.1, 0.15) is 51.9 Å². The maximum absolute atomic E-state index is 12.9. The van der Waals surface area contributed by atoms with Gasteiger partial charge in [-0.3, -0.25) is 9.59 Å². The number of piperidine rings is 1. The highest BCUT2D eigenvalue weighted by molar-refractivity contribution is 5.94. The van der Waals surface area contributed by atoms with Crippen LogP contribution in [0.25, 0.3) is 11.0 Å². The molecule has 7 heteroatoms. The quantitative estimate of drug-likeness (QED) is 0.741. The zero-order chi connectivity index (χ0) is 19.8. The number of nitrogens with zero attached hydrogens (tertiary/aromatic N) is 4. The molecule has 0 aromatic carbocycles. The molecule has 0 bridgehead atoms. The molecule has 28 heavy (non-hydrogen) atoms. The second-order valence-electron chi connectivity index (χ2n) is 7.42. The molecule has 0 spiro atoms. The van der Waals surface area contributed by atoms with Crippen LogP contribution in [-0.4, -0.2) is 43.8 Å². The van der Waals surface area contributed by atoms with Gasteiger partial charge in [0.25, 0.3) is 11.5 Å². The SMILES string of the molecule is Cc1nc(C2CCN(C(=O)c3cc(C)c(C)[nH]c3=O)CC2)c2cccnc2n1. The van der Waals surface area contributed by atoms with Crippen molar-refractivity contribution in [3.63, 3.8) is 0 Å². The number of carbonyl (C=O) groups is 1. The summed E-state index contributed by atoms with van der Waals surface area (Å²) in [5, 5.41) is 0.975. The first-order chi connectivity index (χ1) is 13.4. The molecule has 1 aliphatic heterocycles. The lowest BCUT2D eigenvalue weighted by molar-refractivity contribution is 0.0710. The largest absolute Gasteiger partial charge is 0.338 e. The standard InChI is InChI=1S/C21H23N5O2/c1-12-11-17(20(27)23-13(12)2)21(28)26-9-6-15(7-10-26)18-16-5-4-8-22-19(16)25-14(3)24-18/h4-5,8,11,15H,6-7,9-10H2,1-3H3,(H,23,27). The Morgan fingerprint density at radius 1 is 1.18 bits per heavy atom. The highest BCUT2D eigenvalue weighted by Gasteiger charge is 2.28. The van der Waals surface area contributed by atoms with Crippen LogP contribution in [0.15, 0.2) is 29.2 Å². The molecule has 3 aromatic heterocycles. The molecule has 4 heterocycles. The lowest BCUT2D eigenvalue weighted by atomic mass is 9.91. The molecule has 7 nitrogen and oxygen atoms in total. The molecule has 4 rings (SSSR count). The van der Waals surface area contributed by atoms with Crippen LogP contribution in [-0.2, 0) is 0 Å². The van der Waals surface area contributed by atoms with Crippen molar-refractivity contribution in [2.24, 2.45) is 0 Å². The van der Waals surface area contributed by atoms with E-state index in [0.717, 1.165) is 35.2 Å². The number of aryl methyl sites for hydroxylation is 3. The van der Waals surface area contributed by atoms with Crippen molar-refractivity contribution < 1.29 is 4.79 Å². The molecule has 1 amide bonds. The van der Waals surface area contributed by atoms with Crippen molar-refractivity contribution >= 4 is 16.9 Å². The fourth-order valence-electron chi connectivity index (χ4n) is 3.82. The summed E-state index contributed by atoms with van der Waals surface area (Å²) in [7, 11) is 0. The number of likely N-dealkylation sites (tertiary alicyclic amines) is 1. The summed E-state index contributed by atoms with van der Waals surface area (Å²) < 4.78 is 0. The molecule has 0 atom stereocenters. The van der Waals surface area contributed by atoms with Gasteiger partial charge < -0.3 is 9.88 Å². The van der Waals surface area contributed by atoms with Crippen molar-refractivity contribution in [3.05, 3.63) is 63.1 Å². The van der Waals surface area contributed by atoms with Crippen LogP contribution in [0.5, 0.6) is 0 Å². The van der Waals surface area contributed by atoms with Gasteiger partial charge in [-0.2, -0.15) is 0 Å². The Bertz CT molecular complexity index is 1110. The number of hydrogen-bond donors (Lipinski definition) is 1. The maximum Gasteiger partial charge on any atom is 0.261 e. The van der Waals surface area contributed by atoms with Gasteiger partial charge in [0, 0.05) is 36.3 Å². The first kappa shape index (κ1) is 18.3. The van der Waals surface area contributed by atoms with Gasteiger partial charge in [-0.05, 0) is 57.4 Å². The van der Waals surface area contributed by atoms with Gasteiger partial charge >= 0.3 is 0 Å². The number of fused-ring (bicyclic) bond motifs is 1. The number of hydrogen-bond acceptors (Lipinski definition) is 5. The van der Waals surface area contributed by atoms with E-state index in [9.17, 15) is 9.59 Å². The van der Waals surface area contributed by atoms with Gasteiger partial charge in [-0.15, -0.1) is 0 Å². The maximum atomic E-state index is 12.9. The Morgan fingerprint density at radius 3 is 2.68 bits per heavy atom. The van der Waals surface area contributed by atoms with Crippen LogP contribution in [0.4, 0.5) is 0 Å². The highest BCUT2D eigenvalue weighted by atomic mass is 16.2. The van der Waals surface area contributed by atoms with E-state index < -0.39 is 0 Å². The van der Waals surface area contributed by atoms with Gasteiger partial charge in [0.05, 0.1) is 5.69 Å². The zero-order valence-corrected chi connectivity index (χ0v) is 16.3. The van der Waals surface area contributed by atoms with E-state index in [4.69, 9.17) is 0 Å². The van der Waals surface area contributed by atoms with E-state index in [0.29, 0.717) is 24.6 Å². The molecule has 1 fully saturated rings. The number of carbonyl (C=O) groups excluding carboxylic acids is 1. The lowest BCUT2D eigenvalue weighted by Gasteiger charge is -2.32. The summed E-state index contributed by atoms with van der Waals surface area (Å²) in [4.78, 5) is 43.1. The molecular formula is C21H23N5O2. The van der Waals surface area contributed by atoms with Gasteiger partial charge in [-0.25, -0.2) is 15.0 Å². The number of amides is 1. The van der Waals surface area contributed by atoms with Crippen LogP contribution in [0, 0.1) is 20.8 Å². The molecule has 1 aliphatic rings. The fraction of sp³-hybridized carbons (Fsp3) is 0.381. The highest BCUT2D eigenvalue weighted by Crippen LogP contribution is 2.31. The Hall–Kier alpha value is -3.09. The smallest absolute Gasteiger partial charge is 0.261 e. The normalized spacial score (nSPS) is 15.2. The van der Waals surface area contributed by atoms with Crippen LogP contribution in [0.2, 0.25) is 0 Å². The third-order valence-electron chi connectivity index (χ3n) is 5.51. The Balaban J connectivity index is 1.55. The molecule has 3 aromatic rings. The van der Waals surface area contributed by atoms with E-state index >= 15 is 0 Å². The van der Waals surface area contributed by atoms with Crippen molar-refractivity contribution in [2.75, 3.05) is 13.1 Å². The summed E-state index contributed by atoms with van der Waals surface area (Å²) >= 11 is 0. The minimum atomic E-state index is -0.321. The minimum absolute atomic E-state index is 0.201. The van der Waals surface area contributed by atoms with Crippen LogP contribution < -0.4 is 5.56 Å². The number of nitrogens with one attached hydrogen (secondary N) is 1. The number of aromatic amines is 1. The van der Waals surface area contributed by atoms with Crippen molar-refractivity contribution in [1.82, 2.24) is 24.8 Å². The summed E-state index contributed by atoms with van der Waals surface area (Å²) in [6.07, 6.45) is 3.34. The number of H-pyrrole nitrogens is 1. The second-order valence-corrected chi connectivity index (χ2v) is 7.42. The minimum Gasteiger partial charge on any atom is -0.338 e. The Morgan fingerprint density at radius 2 is 1.93 bits per heavy atom. The number of pyridine rings is 2. The van der Waals surface area contributed by atoms with Crippen molar-refractivity contribution in [2.45, 2.75) is 39.5 Å². The molecule has 0 saturated carbocycles. The Kier molecular flexibility index (Phi) is 4.66. The van der Waals surface area contributed by atoms with E-state index in [2.05, 4.69) is 19.9 Å². The van der Waals surface area contributed by atoms with E-state index in [-0.39, 0.29) is 22.9 Å². The average molecular weight is 377 g/mol. The third-order valence-corrected chi connectivity index (χ3v) is 5.51. The third kappa shape index (κ3) is 3.28. The molecule has 0 radical (unpaired) electrons. The number of aromatic nitrogens is 4. The van der Waals surface area contributed by atoms with E-state index in [1.165, 1.54) is 0 Å². The molecular weight excluding hydrogens is 354 g/mol.